The number of nitrogens with two attached hydrogens (primary N) is 1. The quantitative estimate of drug-likeness (QED) is 0.602. The predicted molar refractivity (Wildman–Crippen MR) is 101 cm³/mol. The fourth-order valence-electron chi connectivity index (χ4n) is 4.92. The van der Waals surface area contributed by atoms with E-state index in [9.17, 15) is 23.6 Å². The van der Waals surface area contributed by atoms with E-state index in [1.807, 2.05) is 6.92 Å². The summed E-state index contributed by atoms with van der Waals surface area (Å²) in [4.78, 5) is 52.0. The van der Waals surface area contributed by atoms with Crippen molar-refractivity contribution < 1.29 is 23.6 Å². The highest BCUT2D eigenvalue weighted by molar-refractivity contribution is 6.15. The minimum atomic E-state index is -1.54. The van der Waals surface area contributed by atoms with Crippen molar-refractivity contribution in [3.8, 4) is 0 Å². The Balaban J connectivity index is 1.81. The van der Waals surface area contributed by atoms with Crippen molar-refractivity contribution in [1.29, 1.82) is 0 Å². The van der Waals surface area contributed by atoms with E-state index in [4.69, 9.17) is 5.73 Å². The molecular weight excluding hydrogens is 379 g/mol. The molecule has 4 amide bonds. The number of hydrogen-bond donors (Lipinski definition) is 3. The first-order valence-electron chi connectivity index (χ1n) is 9.84. The number of nitrogens with zero attached hydrogens (tertiary/aromatic N) is 1. The van der Waals surface area contributed by atoms with Gasteiger partial charge in [-0.2, -0.15) is 0 Å². The van der Waals surface area contributed by atoms with Crippen LogP contribution in [-0.4, -0.2) is 41.1 Å². The van der Waals surface area contributed by atoms with Crippen LogP contribution in [0.3, 0.4) is 0 Å². The summed E-state index contributed by atoms with van der Waals surface area (Å²) >= 11 is 0. The number of anilines is 1. The van der Waals surface area contributed by atoms with Crippen LogP contribution in [0.4, 0.5) is 10.1 Å². The number of likely N-dealkylation sites (tertiary alicyclic amines) is 1. The number of benzene rings is 1. The summed E-state index contributed by atoms with van der Waals surface area (Å²) < 4.78 is 14.0. The number of nitrogens with one attached hydrogen (secondary N) is 2. The maximum atomic E-state index is 14.0. The molecule has 0 radical (unpaired) electrons. The second kappa shape index (κ2) is 6.91. The summed E-state index contributed by atoms with van der Waals surface area (Å²) in [6.45, 7) is 2.23. The summed E-state index contributed by atoms with van der Waals surface area (Å²) in [6, 6.07) is 3.29. The summed E-state index contributed by atoms with van der Waals surface area (Å²) in [5, 5.41) is 5.85. The van der Waals surface area contributed by atoms with E-state index < -0.39 is 47.0 Å². The van der Waals surface area contributed by atoms with Crippen molar-refractivity contribution in [1.82, 2.24) is 10.2 Å². The van der Waals surface area contributed by atoms with Gasteiger partial charge < -0.3 is 11.1 Å². The normalized spacial score (nSPS) is 30.1. The molecular formula is C20H23FN4O4. The average molecular weight is 402 g/mol. The number of hydrogen-bond acceptors (Lipinski definition) is 5. The summed E-state index contributed by atoms with van der Waals surface area (Å²) in [6.07, 6.45) is 1.66. The maximum Gasteiger partial charge on any atom is 0.250 e. The third kappa shape index (κ3) is 2.75. The molecule has 3 heterocycles. The van der Waals surface area contributed by atoms with Crippen LogP contribution in [0.15, 0.2) is 18.2 Å². The average Bonchev–Trinajstić information content (AvgIpc) is 3.24. The number of primary amides is 1. The molecule has 2 fully saturated rings. The van der Waals surface area contributed by atoms with Gasteiger partial charge in [0.2, 0.25) is 23.6 Å². The van der Waals surface area contributed by atoms with Crippen LogP contribution in [-0.2, 0) is 24.7 Å². The third-order valence-corrected chi connectivity index (χ3v) is 6.21. The fraction of sp³-hybridized carbons (Fsp3) is 0.500. The number of halogens is 1. The van der Waals surface area contributed by atoms with Gasteiger partial charge in [0.15, 0.2) is 0 Å². The van der Waals surface area contributed by atoms with Crippen molar-refractivity contribution in [2.75, 3.05) is 11.9 Å². The molecule has 0 bridgehead atoms. The molecule has 3 aliphatic heterocycles. The molecule has 1 aromatic rings. The van der Waals surface area contributed by atoms with Crippen LogP contribution >= 0.6 is 0 Å². The Hall–Kier alpha value is -2.81. The van der Waals surface area contributed by atoms with Crippen molar-refractivity contribution >= 4 is 29.3 Å². The minimum absolute atomic E-state index is 0.00498. The molecule has 2 saturated heterocycles. The monoisotopic (exact) mass is 402 g/mol. The van der Waals surface area contributed by atoms with Gasteiger partial charge in [0, 0.05) is 30.3 Å². The summed E-state index contributed by atoms with van der Waals surface area (Å²) in [7, 11) is 0. The predicted octanol–water partition coefficient (Wildman–Crippen LogP) is 0.612. The molecule has 1 spiro atoms. The highest BCUT2D eigenvalue weighted by Gasteiger charge is 2.70. The maximum absolute atomic E-state index is 14.0. The molecule has 4 unspecified atom stereocenters. The smallest absolute Gasteiger partial charge is 0.250 e. The molecule has 4 atom stereocenters. The Kier molecular flexibility index (Phi) is 4.65. The Morgan fingerprint density at radius 1 is 1.28 bits per heavy atom. The van der Waals surface area contributed by atoms with Crippen LogP contribution in [0.1, 0.15) is 38.2 Å². The number of imide groups is 1. The number of unbranched alkanes of at least 4 members (excludes halogenated alkanes) is 1. The van der Waals surface area contributed by atoms with Gasteiger partial charge in [-0.15, -0.1) is 0 Å². The first kappa shape index (κ1) is 19.5. The fourth-order valence-corrected chi connectivity index (χ4v) is 4.92. The van der Waals surface area contributed by atoms with Gasteiger partial charge >= 0.3 is 0 Å². The zero-order chi connectivity index (χ0) is 20.9. The summed E-state index contributed by atoms with van der Waals surface area (Å²) in [5.74, 6) is -4.16. The van der Waals surface area contributed by atoms with Crippen LogP contribution in [0.25, 0.3) is 0 Å². The topological polar surface area (TPSA) is 122 Å². The van der Waals surface area contributed by atoms with E-state index >= 15 is 0 Å². The highest BCUT2D eigenvalue weighted by Crippen LogP contribution is 2.53. The van der Waals surface area contributed by atoms with Crippen LogP contribution in [0, 0.1) is 17.7 Å². The molecule has 4 N–H and O–H groups in total. The van der Waals surface area contributed by atoms with E-state index in [0.29, 0.717) is 17.7 Å². The van der Waals surface area contributed by atoms with E-state index in [-0.39, 0.29) is 25.3 Å². The largest absolute Gasteiger partial charge is 0.370 e. The Morgan fingerprint density at radius 3 is 2.72 bits per heavy atom. The van der Waals surface area contributed by atoms with Crippen LogP contribution in [0.2, 0.25) is 0 Å². The highest BCUT2D eigenvalue weighted by atomic mass is 19.1. The number of amides is 4. The van der Waals surface area contributed by atoms with E-state index in [2.05, 4.69) is 10.6 Å². The third-order valence-electron chi connectivity index (χ3n) is 6.21. The lowest BCUT2D eigenvalue weighted by molar-refractivity contribution is -0.143. The van der Waals surface area contributed by atoms with Crippen molar-refractivity contribution in [3.05, 3.63) is 29.6 Å². The van der Waals surface area contributed by atoms with Crippen LogP contribution in [0.5, 0.6) is 0 Å². The number of carbonyl (C=O) groups excluding carboxylic acids is 4. The lowest BCUT2D eigenvalue weighted by Crippen LogP contribution is -2.53. The standard InChI is InChI=1S/C20H23FN4O4/c1-2-3-8-25-17(27)15-13(6-7-14(22)26)24-20(16(15)18(25)28)11-9-10(21)4-5-12(11)23-19(20)29/h4-5,9,13,15-16,24H,2-3,6-8H2,1H3,(H2,22,26)(H,23,29). The number of fused-ring (bicyclic) bond motifs is 4. The molecule has 0 aromatic heterocycles. The first-order valence-corrected chi connectivity index (χ1v) is 9.84. The molecule has 154 valence electrons. The number of carbonyl (C=O) groups is 4. The second-order valence-electron chi connectivity index (χ2n) is 7.89. The van der Waals surface area contributed by atoms with Gasteiger partial charge in [0.05, 0.1) is 11.8 Å². The molecule has 3 aliphatic rings. The Labute approximate surface area is 167 Å². The summed E-state index contributed by atoms with van der Waals surface area (Å²) in [5.41, 5.74) is 4.46. The van der Waals surface area contributed by atoms with Crippen molar-refractivity contribution in [2.45, 2.75) is 44.2 Å². The second-order valence-corrected chi connectivity index (χ2v) is 7.89. The van der Waals surface area contributed by atoms with E-state index in [0.717, 1.165) is 6.42 Å². The molecule has 0 aliphatic carbocycles. The zero-order valence-electron chi connectivity index (χ0n) is 16.0. The molecule has 29 heavy (non-hydrogen) atoms. The lowest BCUT2D eigenvalue weighted by atomic mass is 9.76. The first-order chi connectivity index (χ1) is 13.8. The minimum Gasteiger partial charge on any atom is -0.370 e. The van der Waals surface area contributed by atoms with Crippen LogP contribution < -0.4 is 16.4 Å². The molecule has 4 rings (SSSR count). The molecule has 9 heteroatoms. The number of rotatable bonds is 6. The molecule has 8 nitrogen and oxygen atoms in total. The SMILES string of the molecule is CCCCN1C(=O)C2C(CCC(N)=O)NC3(C(=O)Nc4ccc(F)cc43)C2C1=O. The van der Waals surface area contributed by atoms with Gasteiger partial charge in [-0.05, 0) is 31.0 Å². The van der Waals surface area contributed by atoms with Crippen molar-refractivity contribution in [3.63, 3.8) is 0 Å². The zero-order valence-corrected chi connectivity index (χ0v) is 16.0. The van der Waals surface area contributed by atoms with E-state index in [1.165, 1.54) is 23.1 Å². The Morgan fingerprint density at radius 2 is 2.03 bits per heavy atom. The molecule has 1 aromatic carbocycles. The van der Waals surface area contributed by atoms with Gasteiger partial charge in [0.25, 0.3) is 0 Å². The van der Waals surface area contributed by atoms with Gasteiger partial charge in [-0.1, -0.05) is 13.3 Å². The van der Waals surface area contributed by atoms with Gasteiger partial charge in [0.1, 0.15) is 11.4 Å². The van der Waals surface area contributed by atoms with Crippen molar-refractivity contribution in [2.24, 2.45) is 17.6 Å². The van der Waals surface area contributed by atoms with E-state index in [1.54, 1.807) is 0 Å². The Bertz CT molecular complexity index is 920. The van der Waals surface area contributed by atoms with Gasteiger partial charge in [-0.25, -0.2) is 4.39 Å². The van der Waals surface area contributed by atoms with Gasteiger partial charge in [-0.3, -0.25) is 29.4 Å². The lowest BCUT2D eigenvalue weighted by Gasteiger charge is -2.29. The molecule has 0 saturated carbocycles.